The number of rotatable bonds is 4. The standard InChI is InChI=1S/C15H10Cl2O2/c1-10(19-14-8-6-13(17)7-9-14)15(18)11-2-4-12(16)5-3-11/h2-9H,1H2. The normalized spacial score (nSPS) is 10.0. The maximum atomic E-state index is 12.0. The second-order valence-corrected chi connectivity index (χ2v) is 4.69. The molecule has 0 bridgehead atoms. The van der Waals surface area contributed by atoms with E-state index in [0.29, 0.717) is 21.4 Å². The van der Waals surface area contributed by atoms with E-state index < -0.39 is 0 Å². The molecule has 0 heterocycles. The van der Waals surface area contributed by atoms with E-state index in [9.17, 15) is 4.79 Å². The van der Waals surface area contributed by atoms with Crippen molar-refractivity contribution in [3.05, 3.63) is 76.5 Å². The second-order valence-electron chi connectivity index (χ2n) is 3.82. The van der Waals surface area contributed by atoms with Gasteiger partial charge in [0, 0.05) is 15.6 Å². The van der Waals surface area contributed by atoms with Crippen LogP contribution in [-0.2, 0) is 0 Å². The largest absolute Gasteiger partial charge is 0.454 e. The molecule has 2 rings (SSSR count). The van der Waals surface area contributed by atoms with Crippen molar-refractivity contribution < 1.29 is 9.53 Å². The zero-order valence-corrected chi connectivity index (χ0v) is 11.4. The van der Waals surface area contributed by atoms with Gasteiger partial charge in [0.1, 0.15) is 5.75 Å². The van der Waals surface area contributed by atoms with Crippen molar-refractivity contribution in [3.8, 4) is 5.75 Å². The van der Waals surface area contributed by atoms with Crippen molar-refractivity contribution in [2.45, 2.75) is 0 Å². The summed E-state index contributed by atoms with van der Waals surface area (Å²) < 4.78 is 5.38. The van der Waals surface area contributed by atoms with Crippen molar-refractivity contribution in [3.63, 3.8) is 0 Å². The molecular formula is C15H10Cl2O2. The third-order valence-electron chi connectivity index (χ3n) is 2.41. The Balaban J connectivity index is 2.09. The average Bonchev–Trinajstić information content (AvgIpc) is 2.41. The van der Waals surface area contributed by atoms with Gasteiger partial charge in [-0.15, -0.1) is 0 Å². The van der Waals surface area contributed by atoms with Crippen molar-refractivity contribution in [2.75, 3.05) is 0 Å². The third kappa shape index (κ3) is 3.60. The fourth-order valence-electron chi connectivity index (χ4n) is 1.45. The lowest BCUT2D eigenvalue weighted by atomic mass is 10.1. The van der Waals surface area contributed by atoms with Crippen molar-refractivity contribution in [2.24, 2.45) is 0 Å². The molecule has 0 fully saturated rings. The molecule has 0 radical (unpaired) electrons. The highest BCUT2D eigenvalue weighted by molar-refractivity contribution is 6.31. The maximum absolute atomic E-state index is 12.0. The second kappa shape index (κ2) is 5.91. The lowest BCUT2D eigenvalue weighted by Gasteiger charge is -2.08. The topological polar surface area (TPSA) is 26.3 Å². The summed E-state index contributed by atoms with van der Waals surface area (Å²) in [4.78, 5) is 12.0. The van der Waals surface area contributed by atoms with Crippen LogP contribution in [0.5, 0.6) is 5.75 Å². The Morgan fingerprint density at radius 2 is 1.37 bits per heavy atom. The van der Waals surface area contributed by atoms with Crippen LogP contribution < -0.4 is 4.74 Å². The SMILES string of the molecule is C=C(Oc1ccc(Cl)cc1)C(=O)c1ccc(Cl)cc1. The van der Waals surface area contributed by atoms with Crippen molar-refractivity contribution in [1.82, 2.24) is 0 Å². The molecule has 0 spiro atoms. The molecule has 0 saturated carbocycles. The van der Waals surface area contributed by atoms with E-state index in [0.717, 1.165) is 0 Å². The minimum Gasteiger partial charge on any atom is -0.454 e. The van der Waals surface area contributed by atoms with Gasteiger partial charge in [0.2, 0.25) is 5.78 Å². The van der Waals surface area contributed by atoms with Crippen LogP contribution in [0.3, 0.4) is 0 Å². The zero-order valence-electron chi connectivity index (χ0n) is 9.90. The van der Waals surface area contributed by atoms with Crippen LogP contribution in [-0.4, -0.2) is 5.78 Å². The van der Waals surface area contributed by atoms with E-state index in [4.69, 9.17) is 27.9 Å². The molecule has 96 valence electrons. The number of carbonyl (C=O) groups is 1. The smallest absolute Gasteiger partial charge is 0.227 e. The summed E-state index contributed by atoms with van der Waals surface area (Å²) in [5, 5.41) is 1.17. The first-order chi connectivity index (χ1) is 9.06. The fourth-order valence-corrected chi connectivity index (χ4v) is 1.71. The molecule has 0 aliphatic carbocycles. The highest BCUT2D eigenvalue weighted by atomic mass is 35.5. The molecule has 0 aliphatic heterocycles. The lowest BCUT2D eigenvalue weighted by Crippen LogP contribution is -2.08. The summed E-state index contributed by atoms with van der Waals surface area (Å²) in [6, 6.07) is 13.2. The van der Waals surface area contributed by atoms with Gasteiger partial charge in [-0.1, -0.05) is 29.8 Å². The summed E-state index contributed by atoms with van der Waals surface area (Å²) >= 11 is 11.5. The van der Waals surface area contributed by atoms with Gasteiger partial charge in [-0.25, -0.2) is 0 Å². The molecule has 0 aromatic heterocycles. The Bertz CT molecular complexity index is 601. The molecule has 2 aromatic rings. The Kier molecular flexibility index (Phi) is 4.25. The number of hydrogen-bond acceptors (Lipinski definition) is 2. The number of hydrogen-bond donors (Lipinski definition) is 0. The fraction of sp³-hybridized carbons (Fsp3) is 0. The van der Waals surface area contributed by atoms with Crippen LogP contribution in [0, 0.1) is 0 Å². The lowest BCUT2D eigenvalue weighted by molar-refractivity contribution is 0.0987. The van der Waals surface area contributed by atoms with E-state index >= 15 is 0 Å². The van der Waals surface area contributed by atoms with Crippen LogP contribution in [0.25, 0.3) is 0 Å². The van der Waals surface area contributed by atoms with Crippen LogP contribution >= 0.6 is 23.2 Å². The van der Waals surface area contributed by atoms with Crippen LogP contribution in [0.2, 0.25) is 10.0 Å². The summed E-state index contributed by atoms with van der Waals surface area (Å²) in [5.41, 5.74) is 0.475. The molecule has 19 heavy (non-hydrogen) atoms. The van der Waals surface area contributed by atoms with E-state index in [2.05, 4.69) is 6.58 Å². The Morgan fingerprint density at radius 1 is 0.895 bits per heavy atom. The first-order valence-electron chi connectivity index (χ1n) is 5.49. The van der Waals surface area contributed by atoms with E-state index in [1.165, 1.54) is 0 Å². The molecule has 4 heteroatoms. The maximum Gasteiger partial charge on any atom is 0.227 e. The highest BCUT2D eigenvalue weighted by Crippen LogP contribution is 2.19. The number of ketones is 1. The molecule has 0 atom stereocenters. The minimum atomic E-state index is -0.286. The van der Waals surface area contributed by atoms with Gasteiger partial charge in [0.05, 0.1) is 0 Å². The summed E-state index contributed by atoms with van der Waals surface area (Å²) in [5.74, 6) is 0.271. The minimum absolute atomic E-state index is 0.0460. The van der Waals surface area contributed by atoms with Crippen LogP contribution in [0.4, 0.5) is 0 Å². The third-order valence-corrected chi connectivity index (χ3v) is 2.92. The van der Waals surface area contributed by atoms with Gasteiger partial charge in [0.15, 0.2) is 5.76 Å². The average molecular weight is 293 g/mol. The van der Waals surface area contributed by atoms with Crippen LogP contribution in [0.15, 0.2) is 60.9 Å². The first kappa shape index (κ1) is 13.7. The predicted molar refractivity (Wildman–Crippen MR) is 77.0 cm³/mol. The first-order valence-corrected chi connectivity index (χ1v) is 6.24. The molecule has 0 amide bonds. The number of Topliss-reactive ketones (excluding diaryl/α,β-unsaturated/α-hetero) is 1. The molecule has 0 aliphatic rings. The predicted octanol–water partition coefficient (Wildman–Crippen LogP) is 4.77. The van der Waals surface area contributed by atoms with Crippen molar-refractivity contribution in [1.29, 1.82) is 0 Å². The summed E-state index contributed by atoms with van der Waals surface area (Å²) in [6.07, 6.45) is 0. The van der Waals surface area contributed by atoms with Crippen LogP contribution in [0.1, 0.15) is 10.4 Å². The van der Waals surface area contributed by atoms with Gasteiger partial charge < -0.3 is 4.74 Å². The van der Waals surface area contributed by atoms with Gasteiger partial charge in [-0.3, -0.25) is 4.79 Å². The molecule has 2 nitrogen and oxygen atoms in total. The number of benzene rings is 2. The van der Waals surface area contributed by atoms with Gasteiger partial charge in [0.25, 0.3) is 0 Å². The molecule has 0 N–H and O–H groups in total. The van der Waals surface area contributed by atoms with E-state index in [-0.39, 0.29) is 11.5 Å². The molecule has 0 unspecified atom stereocenters. The quantitative estimate of drug-likeness (QED) is 0.461. The molecule has 2 aromatic carbocycles. The zero-order chi connectivity index (χ0) is 13.8. The Hall–Kier alpha value is -1.77. The van der Waals surface area contributed by atoms with E-state index in [1.54, 1.807) is 48.5 Å². The Morgan fingerprint density at radius 3 is 1.89 bits per heavy atom. The number of ether oxygens (including phenoxy) is 1. The molecule has 0 saturated heterocycles. The van der Waals surface area contributed by atoms with Gasteiger partial charge in [-0.05, 0) is 48.5 Å². The summed E-state index contributed by atoms with van der Waals surface area (Å²) in [7, 11) is 0. The van der Waals surface area contributed by atoms with Gasteiger partial charge in [-0.2, -0.15) is 0 Å². The number of halogens is 2. The van der Waals surface area contributed by atoms with Crippen molar-refractivity contribution >= 4 is 29.0 Å². The summed E-state index contributed by atoms with van der Waals surface area (Å²) in [6.45, 7) is 3.63. The highest BCUT2D eigenvalue weighted by Gasteiger charge is 2.12. The van der Waals surface area contributed by atoms with Gasteiger partial charge >= 0.3 is 0 Å². The number of allylic oxidation sites excluding steroid dienone is 1. The van der Waals surface area contributed by atoms with E-state index in [1.807, 2.05) is 0 Å². The Labute approximate surface area is 121 Å². The monoisotopic (exact) mass is 292 g/mol. The molecular weight excluding hydrogens is 283 g/mol. The number of carbonyl (C=O) groups excluding carboxylic acids is 1.